The summed E-state index contributed by atoms with van der Waals surface area (Å²) in [4.78, 5) is 36.6. The number of aryl methyl sites for hydroxylation is 2. The summed E-state index contributed by atoms with van der Waals surface area (Å²) in [5, 5.41) is 0. The minimum atomic E-state index is -4.16. The Morgan fingerprint density at radius 3 is 2.47 bits per heavy atom. The van der Waals surface area contributed by atoms with E-state index >= 15 is 0 Å². The van der Waals surface area contributed by atoms with Gasteiger partial charge in [0.15, 0.2) is 0 Å². The fourth-order valence-electron chi connectivity index (χ4n) is 6.19. The molecule has 4 aromatic rings. The van der Waals surface area contributed by atoms with E-state index in [2.05, 4.69) is 38.4 Å². The van der Waals surface area contributed by atoms with Crippen molar-refractivity contribution in [3.8, 4) is 17.1 Å². The average Bonchev–Trinajstić information content (AvgIpc) is 3.00. The second kappa shape index (κ2) is 13.3. The van der Waals surface area contributed by atoms with Gasteiger partial charge in [0.2, 0.25) is 11.8 Å². The van der Waals surface area contributed by atoms with E-state index in [1.54, 1.807) is 35.5 Å². The van der Waals surface area contributed by atoms with Crippen LogP contribution in [0.2, 0.25) is 0 Å². The van der Waals surface area contributed by atoms with E-state index in [1.165, 1.54) is 18.6 Å². The molecule has 3 heterocycles. The maximum atomic E-state index is 14.4. The van der Waals surface area contributed by atoms with Gasteiger partial charge in [-0.15, -0.1) is 0 Å². The number of rotatable bonds is 7. The average molecular weight is 656 g/mol. The molecule has 1 N–H and O–H groups in total. The van der Waals surface area contributed by atoms with Crippen LogP contribution >= 0.6 is 0 Å². The fraction of sp³-hybridized carbons (Fsp3) is 0.400. The van der Waals surface area contributed by atoms with Crippen molar-refractivity contribution < 1.29 is 17.9 Å². The van der Waals surface area contributed by atoms with Gasteiger partial charge in [0, 0.05) is 30.3 Å². The first-order valence-electron chi connectivity index (χ1n) is 16.0. The van der Waals surface area contributed by atoms with Crippen molar-refractivity contribution in [3.05, 3.63) is 83.3 Å². The second-order valence-corrected chi connectivity index (χ2v) is 14.6. The van der Waals surface area contributed by atoms with E-state index in [9.17, 15) is 13.2 Å². The monoisotopic (exact) mass is 655 g/mol. The van der Waals surface area contributed by atoms with Crippen LogP contribution in [0.4, 0.5) is 11.8 Å². The number of carbonyl (C=O) groups is 1. The number of amides is 1. The summed E-state index contributed by atoms with van der Waals surface area (Å²) >= 11 is 0. The molecule has 1 amide bonds. The lowest BCUT2D eigenvalue weighted by molar-refractivity contribution is 0.0549. The van der Waals surface area contributed by atoms with E-state index < -0.39 is 16.1 Å². The van der Waals surface area contributed by atoms with Crippen molar-refractivity contribution in [1.82, 2.24) is 24.8 Å². The van der Waals surface area contributed by atoms with Crippen LogP contribution in [-0.4, -0.2) is 64.9 Å². The summed E-state index contributed by atoms with van der Waals surface area (Å²) in [6, 6.07) is 13.7. The van der Waals surface area contributed by atoms with Crippen LogP contribution in [0.15, 0.2) is 65.8 Å². The Bertz CT molecular complexity index is 1870. The number of aromatic nitrogens is 4. The molecule has 2 aromatic heterocycles. The molecule has 1 fully saturated rings. The van der Waals surface area contributed by atoms with Crippen LogP contribution in [0.1, 0.15) is 66.7 Å². The van der Waals surface area contributed by atoms with Crippen molar-refractivity contribution in [1.29, 1.82) is 0 Å². The molecule has 0 radical (unpaired) electrons. The third-order valence-electron chi connectivity index (χ3n) is 8.91. The molecule has 4 bridgehead atoms. The molecule has 0 unspecified atom stereocenters. The van der Waals surface area contributed by atoms with Crippen molar-refractivity contribution in [2.45, 2.75) is 76.9 Å². The normalized spacial score (nSPS) is 17.9. The van der Waals surface area contributed by atoms with Gasteiger partial charge >= 0.3 is 0 Å². The minimum Gasteiger partial charge on any atom is -0.475 e. The van der Waals surface area contributed by atoms with Gasteiger partial charge in [0.25, 0.3) is 15.9 Å². The summed E-state index contributed by atoms with van der Waals surface area (Å²) in [7, 11) is -2.13. The maximum absolute atomic E-state index is 14.4. The Labute approximate surface area is 276 Å². The number of carbonyl (C=O) groups excluding carboxylic acids is 1. The summed E-state index contributed by atoms with van der Waals surface area (Å²) in [5.41, 5.74) is 4.23. The van der Waals surface area contributed by atoms with Gasteiger partial charge in [-0.1, -0.05) is 38.1 Å². The third-order valence-corrected chi connectivity index (χ3v) is 10.2. The zero-order valence-corrected chi connectivity index (χ0v) is 28.3. The molecular formula is C35H41N7O4S. The highest BCUT2D eigenvalue weighted by atomic mass is 32.2. The van der Waals surface area contributed by atoms with Crippen LogP contribution in [0.3, 0.4) is 0 Å². The number of sulfonamides is 1. The number of anilines is 2. The molecule has 0 spiro atoms. The van der Waals surface area contributed by atoms with Gasteiger partial charge in [0.1, 0.15) is 12.4 Å². The van der Waals surface area contributed by atoms with Crippen LogP contribution in [0, 0.1) is 19.8 Å². The Morgan fingerprint density at radius 1 is 1.02 bits per heavy atom. The minimum absolute atomic E-state index is 0.0737. The van der Waals surface area contributed by atoms with Crippen molar-refractivity contribution in [3.63, 3.8) is 0 Å². The first-order chi connectivity index (χ1) is 22.5. The largest absolute Gasteiger partial charge is 0.475 e. The highest BCUT2D eigenvalue weighted by Crippen LogP contribution is 2.31. The van der Waals surface area contributed by atoms with Gasteiger partial charge in [-0.3, -0.25) is 9.78 Å². The molecule has 11 nitrogen and oxygen atoms in total. The van der Waals surface area contributed by atoms with Gasteiger partial charge in [0.05, 0.1) is 41.3 Å². The fourth-order valence-corrected chi connectivity index (χ4v) is 7.18. The topological polar surface area (TPSA) is 131 Å². The van der Waals surface area contributed by atoms with Crippen molar-refractivity contribution >= 4 is 27.7 Å². The molecule has 1 atom stereocenters. The highest BCUT2D eigenvalue weighted by Gasteiger charge is 2.30. The first kappa shape index (κ1) is 32.4. The zero-order valence-electron chi connectivity index (χ0n) is 27.5. The van der Waals surface area contributed by atoms with Gasteiger partial charge in [-0.05, 0) is 74.8 Å². The van der Waals surface area contributed by atoms with E-state index in [1.807, 2.05) is 39.1 Å². The third kappa shape index (κ3) is 7.07. The Hall–Kier alpha value is -4.58. The zero-order chi connectivity index (χ0) is 33.3. The lowest BCUT2D eigenvalue weighted by Gasteiger charge is -2.36. The standard InChI is InChI=1S/C35H41N7O4S/c1-22(2)15-28-21-46-32-17-30(33-23(3)9-6-10-24(33)4)38-35(39-32)40-47(44,45)29-14-7-11-25(16-29)34(43)42(28)20-26-18-36-19-31(37-26)41(5)27-12-8-13-27/h6-7,9-11,14,16-19,22,27-28H,8,12-13,15,20-21H2,1-5H3,(H,38,39,40)/t28-/m1/s1. The Balaban J connectivity index is 1.45. The number of nitrogens with zero attached hydrogens (tertiary/aromatic N) is 6. The highest BCUT2D eigenvalue weighted by molar-refractivity contribution is 7.92. The summed E-state index contributed by atoms with van der Waals surface area (Å²) in [5.74, 6) is 0.733. The quantitative estimate of drug-likeness (QED) is 0.263. The molecule has 2 aromatic carbocycles. The van der Waals surface area contributed by atoms with E-state index in [-0.39, 0.29) is 47.3 Å². The predicted molar refractivity (Wildman–Crippen MR) is 181 cm³/mol. The smallest absolute Gasteiger partial charge is 0.264 e. The number of benzene rings is 2. The molecule has 1 aliphatic carbocycles. The predicted octanol–water partition coefficient (Wildman–Crippen LogP) is 5.79. The van der Waals surface area contributed by atoms with E-state index in [0.717, 1.165) is 35.3 Å². The lowest BCUT2D eigenvalue weighted by atomic mass is 9.92. The van der Waals surface area contributed by atoms with Crippen molar-refractivity contribution in [2.24, 2.45) is 5.92 Å². The number of nitrogens with one attached hydrogen (secondary N) is 1. The molecule has 1 saturated carbocycles. The maximum Gasteiger partial charge on any atom is 0.264 e. The molecule has 246 valence electrons. The van der Waals surface area contributed by atoms with Crippen LogP contribution < -0.4 is 14.4 Å². The Morgan fingerprint density at radius 2 is 1.77 bits per heavy atom. The molecular weight excluding hydrogens is 614 g/mol. The molecule has 0 saturated heterocycles. The van der Waals surface area contributed by atoms with Crippen LogP contribution in [-0.2, 0) is 16.6 Å². The molecule has 12 heteroatoms. The lowest BCUT2D eigenvalue weighted by Crippen LogP contribution is -2.44. The number of fused-ring (bicyclic) bond motifs is 4. The molecule has 6 rings (SSSR count). The van der Waals surface area contributed by atoms with Crippen LogP contribution in [0.25, 0.3) is 11.3 Å². The van der Waals surface area contributed by atoms with Gasteiger partial charge in [-0.2, -0.15) is 4.98 Å². The summed E-state index contributed by atoms with van der Waals surface area (Å²) in [6.45, 7) is 8.43. The molecule has 47 heavy (non-hydrogen) atoms. The molecule has 1 aliphatic heterocycles. The number of hydrogen-bond donors (Lipinski definition) is 1. The second-order valence-electron chi connectivity index (χ2n) is 12.9. The van der Waals surface area contributed by atoms with E-state index in [0.29, 0.717) is 23.9 Å². The summed E-state index contributed by atoms with van der Waals surface area (Å²) in [6.07, 6.45) is 7.48. The SMILES string of the molecule is Cc1cccc(C)c1-c1cc2nc(n1)NS(=O)(=O)c1cccc(c1)C(=O)N(Cc1cncc(N(C)C3CCC3)n1)[C@H](CC(C)C)CO2. The summed E-state index contributed by atoms with van der Waals surface area (Å²) < 4.78 is 36.2. The van der Waals surface area contributed by atoms with Crippen LogP contribution in [0.5, 0.6) is 5.88 Å². The van der Waals surface area contributed by atoms with E-state index in [4.69, 9.17) is 9.72 Å². The van der Waals surface area contributed by atoms with Gasteiger partial charge in [-0.25, -0.2) is 23.1 Å². The number of hydrogen-bond acceptors (Lipinski definition) is 9. The van der Waals surface area contributed by atoms with Crippen molar-refractivity contribution in [2.75, 3.05) is 23.3 Å². The first-order valence-corrected chi connectivity index (χ1v) is 17.5. The number of ether oxygens (including phenoxy) is 1. The van der Waals surface area contributed by atoms with Gasteiger partial charge < -0.3 is 14.5 Å². The molecule has 2 aliphatic rings. The Kier molecular flexibility index (Phi) is 9.14.